The molecule has 0 spiro atoms. The van der Waals surface area contributed by atoms with Gasteiger partial charge in [0, 0.05) is 19.0 Å². The minimum absolute atomic E-state index is 0.0426. The van der Waals surface area contributed by atoms with E-state index in [1.54, 1.807) is 6.92 Å². The average Bonchev–Trinajstić information content (AvgIpc) is 3.28. The van der Waals surface area contributed by atoms with Crippen molar-refractivity contribution in [2.75, 3.05) is 0 Å². The van der Waals surface area contributed by atoms with E-state index >= 15 is 0 Å². The molecule has 1 amide bonds. The zero-order chi connectivity index (χ0) is 16.7. The number of oxazole rings is 1. The number of fused-ring (bicyclic) bond motifs is 1. The molecule has 7 nitrogen and oxygen atoms in total. The molecule has 124 valence electrons. The molecule has 0 aliphatic carbocycles. The predicted molar refractivity (Wildman–Crippen MR) is 88.9 cm³/mol. The molecule has 1 N–H and O–H groups in total. The highest BCUT2D eigenvalue weighted by Crippen LogP contribution is 2.26. The average molecular weight is 343 g/mol. The van der Waals surface area contributed by atoms with Crippen LogP contribution in [0.2, 0.25) is 0 Å². The summed E-state index contributed by atoms with van der Waals surface area (Å²) < 4.78 is 7.70. The van der Waals surface area contributed by atoms with Crippen LogP contribution in [-0.2, 0) is 13.0 Å². The standard InChI is InChI=1S/C16H17N5O2S/c1-9-14(18-16(23-9)12-4-3-7-24-12)15(22)17-11-5-6-13-20-19-10(2)21(13)8-11/h3-4,7,11H,5-6,8H2,1-2H3,(H,17,22)/t11-/m1/s1. The third-order valence-electron chi connectivity index (χ3n) is 4.21. The Hall–Kier alpha value is -2.48. The van der Waals surface area contributed by atoms with E-state index in [0.29, 0.717) is 23.9 Å². The van der Waals surface area contributed by atoms with E-state index in [4.69, 9.17) is 4.42 Å². The molecule has 0 fully saturated rings. The van der Waals surface area contributed by atoms with E-state index < -0.39 is 0 Å². The minimum atomic E-state index is -0.196. The molecule has 0 bridgehead atoms. The van der Waals surface area contributed by atoms with Crippen molar-refractivity contribution < 1.29 is 9.21 Å². The highest BCUT2D eigenvalue weighted by molar-refractivity contribution is 7.13. The van der Waals surface area contributed by atoms with Crippen molar-refractivity contribution in [3.63, 3.8) is 0 Å². The van der Waals surface area contributed by atoms with Gasteiger partial charge in [0.05, 0.1) is 4.88 Å². The summed E-state index contributed by atoms with van der Waals surface area (Å²) in [5, 5.41) is 13.3. The van der Waals surface area contributed by atoms with Gasteiger partial charge in [-0.05, 0) is 31.7 Å². The first-order valence-electron chi connectivity index (χ1n) is 7.82. The van der Waals surface area contributed by atoms with Crippen LogP contribution < -0.4 is 5.32 Å². The molecule has 0 saturated carbocycles. The van der Waals surface area contributed by atoms with Crippen LogP contribution in [0.3, 0.4) is 0 Å². The fourth-order valence-corrected chi connectivity index (χ4v) is 3.60. The van der Waals surface area contributed by atoms with Gasteiger partial charge in [0.2, 0.25) is 5.89 Å². The van der Waals surface area contributed by atoms with Gasteiger partial charge in [-0.2, -0.15) is 0 Å². The van der Waals surface area contributed by atoms with Crippen molar-refractivity contribution in [1.82, 2.24) is 25.1 Å². The Morgan fingerprint density at radius 2 is 2.29 bits per heavy atom. The Morgan fingerprint density at radius 1 is 1.42 bits per heavy atom. The fraction of sp³-hybridized carbons (Fsp3) is 0.375. The predicted octanol–water partition coefficient (Wildman–Crippen LogP) is 2.36. The van der Waals surface area contributed by atoms with E-state index in [-0.39, 0.29) is 11.9 Å². The van der Waals surface area contributed by atoms with Crippen molar-refractivity contribution in [2.24, 2.45) is 0 Å². The number of carbonyl (C=O) groups excluding carboxylic acids is 1. The summed E-state index contributed by atoms with van der Waals surface area (Å²) in [6, 6.07) is 3.90. The molecule has 0 unspecified atom stereocenters. The van der Waals surface area contributed by atoms with Gasteiger partial charge in [0.1, 0.15) is 17.4 Å². The van der Waals surface area contributed by atoms with Gasteiger partial charge in [0.25, 0.3) is 5.91 Å². The lowest BCUT2D eigenvalue weighted by atomic mass is 10.1. The molecule has 1 aliphatic rings. The summed E-state index contributed by atoms with van der Waals surface area (Å²) in [4.78, 5) is 17.9. The molecule has 1 aliphatic heterocycles. The van der Waals surface area contributed by atoms with Crippen LogP contribution in [0.15, 0.2) is 21.9 Å². The molecule has 0 saturated heterocycles. The molecule has 4 rings (SSSR count). The van der Waals surface area contributed by atoms with Gasteiger partial charge in [-0.25, -0.2) is 4.98 Å². The lowest BCUT2D eigenvalue weighted by molar-refractivity contribution is 0.0921. The van der Waals surface area contributed by atoms with Gasteiger partial charge >= 0.3 is 0 Å². The number of rotatable bonds is 3. The maximum absolute atomic E-state index is 12.6. The van der Waals surface area contributed by atoms with Crippen LogP contribution in [0.5, 0.6) is 0 Å². The Balaban J connectivity index is 1.50. The number of thiophene rings is 1. The van der Waals surface area contributed by atoms with Crippen LogP contribution in [-0.4, -0.2) is 31.7 Å². The van der Waals surface area contributed by atoms with E-state index in [9.17, 15) is 4.79 Å². The molecular formula is C16H17N5O2S. The van der Waals surface area contributed by atoms with Crippen molar-refractivity contribution in [3.05, 3.63) is 40.6 Å². The fourth-order valence-electron chi connectivity index (χ4n) is 2.95. The monoisotopic (exact) mass is 343 g/mol. The molecule has 24 heavy (non-hydrogen) atoms. The lowest BCUT2D eigenvalue weighted by Gasteiger charge is -2.24. The molecule has 0 radical (unpaired) electrons. The zero-order valence-corrected chi connectivity index (χ0v) is 14.3. The summed E-state index contributed by atoms with van der Waals surface area (Å²) in [7, 11) is 0. The number of aryl methyl sites for hydroxylation is 3. The van der Waals surface area contributed by atoms with E-state index in [2.05, 4.69) is 25.1 Å². The van der Waals surface area contributed by atoms with E-state index in [1.807, 2.05) is 24.4 Å². The quantitative estimate of drug-likeness (QED) is 0.789. The third-order valence-corrected chi connectivity index (χ3v) is 5.07. The highest BCUT2D eigenvalue weighted by atomic mass is 32.1. The van der Waals surface area contributed by atoms with Gasteiger partial charge in [-0.15, -0.1) is 21.5 Å². The summed E-state index contributed by atoms with van der Waals surface area (Å²) >= 11 is 1.54. The number of amides is 1. The molecule has 0 aromatic carbocycles. The van der Waals surface area contributed by atoms with E-state index in [0.717, 1.165) is 29.4 Å². The third kappa shape index (κ3) is 2.62. The van der Waals surface area contributed by atoms with E-state index in [1.165, 1.54) is 11.3 Å². The maximum Gasteiger partial charge on any atom is 0.273 e. The number of aromatic nitrogens is 4. The topological polar surface area (TPSA) is 85.8 Å². The summed E-state index contributed by atoms with van der Waals surface area (Å²) in [5.74, 6) is 2.69. The Morgan fingerprint density at radius 3 is 3.08 bits per heavy atom. The Bertz CT molecular complexity index is 881. The number of nitrogens with zero attached hydrogens (tertiary/aromatic N) is 4. The minimum Gasteiger partial charge on any atom is -0.440 e. The molecular weight excluding hydrogens is 326 g/mol. The van der Waals surface area contributed by atoms with Crippen LogP contribution in [0.4, 0.5) is 0 Å². The van der Waals surface area contributed by atoms with Crippen LogP contribution in [0.25, 0.3) is 10.8 Å². The summed E-state index contributed by atoms with van der Waals surface area (Å²) in [6.45, 7) is 4.38. The SMILES string of the molecule is Cc1oc(-c2cccs2)nc1C(=O)N[C@@H]1CCc2nnc(C)n2C1. The van der Waals surface area contributed by atoms with Crippen LogP contribution in [0, 0.1) is 13.8 Å². The number of nitrogens with one attached hydrogen (secondary N) is 1. The summed E-state index contributed by atoms with van der Waals surface area (Å²) in [6.07, 6.45) is 1.66. The van der Waals surface area contributed by atoms with Crippen LogP contribution in [0.1, 0.15) is 34.3 Å². The molecule has 8 heteroatoms. The number of carbonyl (C=O) groups is 1. The second-order valence-corrected chi connectivity index (χ2v) is 6.83. The van der Waals surface area contributed by atoms with Crippen LogP contribution >= 0.6 is 11.3 Å². The van der Waals surface area contributed by atoms with Crippen molar-refractivity contribution in [1.29, 1.82) is 0 Å². The maximum atomic E-state index is 12.6. The number of hydrogen-bond acceptors (Lipinski definition) is 6. The zero-order valence-electron chi connectivity index (χ0n) is 13.4. The molecule has 1 atom stereocenters. The number of hydrogen-bond donors (Lipinski definition) is 1. The van der Waals surface area contributed by atoms with Crippen molar-refractivity contribution in [2.45, 2.75) is 39.3 Å². The normalized spacial score (nSPS) is 16.8. The molecule has 4 heterocycles. The second-order valence-electron chi connectivity index (χ2n) is 5.88. The molecule has 3 aromatic heterocycles. The van der Waals surface area contributed by atoms with Crippen molar-refractivity contribution >= 4 is 17.2 Å². The Kier molecular flexibility index (Phi) is 3.68. The first kappa shape index (κ1) is 15.1. The molecule has 3 aromatic rings. The lowest BCUT2D eigenvalue weighted by Crippen LogP contribution is -2.41. The smallest absolute Gasteiger partial charge is 0.273 e. The summed E-state index contributed by atoms with van der Waals surface area (Å²) in [5.41, 5.74) is 0.352. The van der Waals surface area contributed by atoms with Gasteiger partial charge in [-0.3, -0.25) is 4.79 Å². The van der Waals surface area contributed by atoms with Gasteiger partial charge in [-0.1, -0.05) is 6.07 Å². The van der Waals surface area contributed by atoms with Gasteiger partial charge in [0.15, 0.2) is 5.69 Å². The first-order valence-corrected chi connectivity index (χ1v) is 8.70. The second kappa shape index (κ2) is 5.86. The Labute approximate surface area is 142 Å². The first-order chi connectivity index (χ1) is 11.6. The van der Waals surface area contributed by atoms with Gasteiger partial charge < -0.3 is 14.3 Å². The van der Waals surface area contributed by atoms with Crippen molar-refractivity contribution in [3.8, 4) is 10.8 Å². The largest absolute Gasteiger partial charge is 0.440 e. The highest BCUT2D eigenvalue weighted by Gasteiger charge is 2.25.